The van der Waals surface area contributed by atoms with Gasteiger partial charge in [-0.25, -0.2) is 9.98 Å². The number of hydrogen-bond acceptors (Lipinski definition) is 1. The quantitative estimate of drug-likeness (QED) is 0.163. The van der Waals surface area contributed by atoms with E-state index in [4.69, 9.17) is 9.98 Å². The van der Waals surface area contributed by atoms with Crippen LogP contribution < -0.4 is 0 Å². The number of benzene rings is 5. The van der Waals surface area contributed by atoms with Gasteiger partial charge in [0.2, 0.25) is 0 Å². The molecule has 0 unspecified atom stereocenters. The van der Waals surface area contributed by atoms with Crippen LogP contribution in [0.4, 0.5) is 0 Å². The largest absolute Gasteiger partial charge is 0.238 e. The molecule has 5 aromatic carbocycles. The van der Waals surface area contributed by atoms with Crippen LogP contribution in [0.5, 0.6) is 0 Å². The van der Waals surface area contributed by atoms with Crippen molar-refractivity contribution in [1.29, 1.82) is 0 Å². The standard InChI is InChI=1S/C29H24N2/c1-18(2)30-29(31-19(3)4)27-17-26-22-13-6-5-11-20(22)21-12-7-9-15-24(21)28(26)25-16-10-8-14-23(25)27/h5-17H,1H2,2-4H3. The number of amidine groups is 1. The third-order valence-corrected chi connectivity index (χ3v) is 5.62. The van der Waals surface area contributed by atoms with E-state index in [1.807, 2.05) is 20.8 Å². The molecule has 2 nitrogen and oxygen atoms in total. The maximum atomic E-state index is 4.79. The molecule has 0 amide bonds. The van der Waals surface area contributed by atoms with Crippen LogP contribution in [0.25, 0.3) is 43.1 Å². The summed E-state index contributed by atoms with van der Waals surface area (Å²) in [6, 6.07) is 28.2. The van der Waals surface area contributed by atoms with Crippen LogP contribution in [0.15, 0.2) is 101 Å². The van der Waals surface area contributed by atoms with Crippen molar-refractivity contribution in [1.82, 2.24) is 0 Å². The zero-order valence-corrected chi connectivity index (χ0v) is 18.1. The van der Waals surface area contributed by atoms with Gasteiger partial charge in [-0.2, -0.15) is 0 Å². The van der Waals surface area contributed by atoms with Crippen molar-refractivity contribution in [3.05, 3.63) is 96.7 Å². The minimum atomic E-state index is 0.711. The van der Waals surface area contributed by atoms with Crippen LogP contribution >= 0.6 is 0 Å². The molecule has 0 aromatic heterocycles. The van der Waals surface area contributed by atoms with Crippen LogP contribution in [0.3, 0.4) is 0 Å². The molecule has 0 spiro atoms. The summed E-state index contributed by atoms with van der Waals surface area (Å²) in [5, 5.41) is 9.93. The topological polar surface area (TPSA) is 24.7 Å². The van der Waals surface area contributed by atoms with Crippen molar-refractivity contribution in [2.24, 2.45) is 9.98 Å². The second kappa shape index (κ2) is 7.48. The summed E-state index contributed by atoms with van der Waals surface area (Å²) in [5.41, 5.74) is 2.74. The van der Waals surface area contributed by atoms with Crippen LogP contribution in [0.2, 0.25) is 0 Å². The van der Waals surface area contributed by atoms with Crippen LogP contribution in [0, 0.1) is 0 Å². The lowest BCUT2D eigenvalue weighted by molar-refractivity contribution is 1.30. The highest BCUT2D eigenvalue weighted by atomic mass is 14.9. The fourth-order valence-electron chi connectivity index (χ4n) is 4.49. The predicted octanol–water partition coefficient (Wildman–Crippen LogP) is 8.06. The number of nitrogens with zero attached hydrogens (tertiary/aromatic N) is 2. The number of hydrogen-bond donors (Lipinski definition) is 0. The van der Waals surface area contributed by atoms with Gasteiger partial charge in [0, 0.05) is 17.0 Å². The second-order valence-electron chi connectivity index (χ2n) is 8.21. The molecular formula is C29H24N2. The molecule has 0 aliphatic heterocycles. The Morgan fingerprint density at radius 3 is 1.58 bits per heavy atom. The van der Waals surface area contributed by atoms with Gasteiger partial charge in [-0.1, -0.05) is 79.4 Å². The first kappa shape index (κ1) is 19.2. The van der Waals surface area contributed by atoms with Gasteiger partial charge in [-0.3, -0.25) is 0 Å². The van der Waals surface area contributed by atoms with Crippen molar-refractivity contribution >= 4 is 54.6 Å². The summed E-state index contributed by atoms with van der Waals surface area (Å²) in [5.74, 6) is 0.711. The van der Waals surface area contributed by atoms with E-state index in [9.17, 15) is 0 Å². The Labute approximate surface area is 182 Å². The fraction of sp³-hybridized carbons (Fsp3) is 0.103. The molecule has 0 N–H and O–H groups in total. The molecule has 0 heterocycles. The number of fused-ring (bicyclic) bond motifs is 8. The highest BCUT2D eigenvalue weighted by Gasteiger charge is 2.16. The normalized spacial score (nSPS) is 12.0. The van der Waals surface area contributed by atoms with Gasteiger partial charge in [-0.05, 0) is 69.9 Å². The zero-order valence-electron chi connectivity index (χ0n) is 18.1. The Morgan fingerprint density at radius 1 is 0.581 bits per heavy atom. The molecule has 0 atom stereocenters. The lowest BCUT2D eigenvalue weighted by Crippen LogP contribution is -2.02. The first-order valence-corrected chi connectivity index (χ1v) is 10.6. The average Bonchev–Trinajstić information content (AvgIpc) is 2.77. The van der Waals surface area contributed by atoms with Crippen molar-refractivity contribution in [2.45, 2.75) is 20.8 Å². The molecule has 2 heteroatoms. The van der Waals surface area contributed by atoms with E-state index in [0.717, 1.165) is 22.4 Å². The smallest absolute Gasteiger partial charge is 0.159 e. The van der Waals surface area contributed by atoms with Gasteiger partial charge in [-0.15, -0.1) is 0 Å². The summed E-state index contributed by atoms with van der Waals surface area (Å²) in [4.78, 5) is 9.51. The number of allylic oxidation sites excluding steroid dienone is 1. The Bertz CT molecular complexity index is 1560. The van der Waals surface area contributed by atoms with Gasteiger partial charge in [0.1, 0.15) is 0 Å². The van der Waals surface area contributed by atoms with E-state index >= 15 is 0 Å². The first-order valence-electron chi connectivity index (χ1n) is 10.6. The Balaban J connectivity index is 2.07. The molecule has 150 valence electrons. The minimum absolute atomic E-state index is 0.711. The van der Waals surface area contributed by atoms with E-state index in [1.165, 1.54) is 37.7 Å². The van der Waals surface area contributed by atoms with E-state index in [2.05, 4.69) is 85.4 Å². The van der Waals surface area contributed by atoms with Crippen molar-refractivity contribution in [2.75, 3.05) is 0 Å². The summed E-state index contributed by atoms with van der Waals surface area (Å²) < 4.78 is 0. The first-order chi connectivity index (χ1) is 15.0. The lowest BCUT2D eigenvalue weighted by Gasteiger charge is -2.16. The van der Waals surface area contributed by atoms with E-state index in [-0.39, 0.29) is 0 Å². The van der Waals surface area contributed by atoms with Crippen molar-refractivity contribution in [3.8, 4) is 0 Å². The average molecular weight is 401 g/mol. The van der Waals surface area contributed by atoms with Crippen LogP contribution in [0.1, 0.15) is 26.3 Å². The Hall–Kier alpha value is -3.78. The predicted molar refractivity (Wildman–Crippen MR) is 137 cm³/mol. The molecule has 0 radical (unpaired) electrons. The highest BCUT2D eigenvalue weighted by Crippen LogP contribution is 2.40. The van der Waals surface area contributed by atoms with Gasteiger partial charge < -0.3 is 0 Å². The molecule has 0 saturated carbocycles. The summed E-state index contributed by atoms with van der Waals surface area (Å²) in [6.07, 6.45) is 0. The Kier molecular flexibility index (Phi) is 4.63. The lowest BCUT2D eigenvalue weighted by atomic mass is 9.89. The van der Waals surface area contributed by atoms with E-state index < -0.39 is 0 Å². The van der Waals surface area contributed by atoms with Gasteiger partial charge in [0.05, 0.1) is 0 Å². The summed E-state index contributed by atoms with van der Waals surface area (Å²) in [6.45, 7) is 9.91. The zero-order chi connectivity index (χ0) is 21.5. The molecular weight excluding hydrogens is 376 g/mol. The highest BCUT2D eigenvalue weighted by molar-refractivity contribution is 6.33. The molecule has 5 rings (SSSR count). The van der Waals surface area contributed by atoms with E-state index in [0.29, 0.717) is 5.84 Å². The number of rotatable bonds is 2. The summed E-state index contributed by atoms with van der Waals surface area (Å²) in [7, 11) is 0. The number of aliphatic imine (C=N–C) groups is 2. The molecule has 0 bridgehead atoms. The van der Waals surface area contributed by atoms with Crippen molar-refractivity contribution < 1.29 is 0 Å². The SMILES string of the molecule is C=C(C)N=C(N=C(C)C)c1cc2c3ccccc3c3ccccc3c2c2ccccc12. The Morgan fingerprint density at radius 2 is 1.03 bits per heavy atom. The van der Waals surface area contributed by atoms with Gasteiger partial charge in [0.15, 0.2) is 5.84 Å². The van der Waals surface area contributed by atoms with E-state index in [1.54, 1.807) is 0 Å². The molecule has 0 aliphatic rings. The maximum absolute atomic E-state index is 4.79. The minimum Gasteiger partial charge on any atom is -0.238 e. The van der Waals surface area contributed by atoms with Gasteiger partial charge in [0.25, 0.3) is 0 Å². The molecule has 31 heavy (non-hydrogen) atoms. The fourth-order valence-corrected chi connectivity index (χ4v) is 4.49. The molecule has 0 aliphatic carbocycles. The summed E-state index contributed by atoms with van der Waals surface area (Å²) >= 11 is 0. The van der Waals surface area contributed by atoms with Crippen molar-refractivity contribution in [3.63, 3.8) is 0 Å². The third kappa shape index (κ3) is 3.21. The molecule has 0 fully saturated rings. The third-order valence-electron chi connectivity index (χ3n) is 5.62. The molecule has 0 saturated heterocycles. The van der Waals surface area contributed by atoms with Crippen LogP contribution in [-0.2, 0) is 0 Å². The monoisotopic (exact) mass is 400 g/mol. The maximum Gasteiger partial charge on any atom is 0.159 e. The van der Waals surface area contributed by atoms with Crippen LogP contribution in [-0.4, -0.2) is 11.5 Å². The molecule has 5 aromatic rings. The van der Waals surface area contributed by atoms with Gasteiger partial charge >= 0.3 is 0 Å². The second-order valence-corrected chi connectivity index (χ2v) is 8.21.